The Bertz CT molecular complexity index is 1230. The van der Waals surface area contributed by atoms with Crippen molar-refractivity contribution in [2.45, 2.75) is 43.6 Å². The van der Waals surface area contributed by atoms with Crippen molar-refractivity contribution in [1.82, 2.24) is 0 Å². The molecule has 0 unspecified atom stereocenters. The number of sulfonamides is 1. The molecule has 2 atom stereocenters. The number of nitrogens with zero attached hydrogens (tertiary/aromatic N) is 2. The topological polar surface area (TPSA) is 98.9 Å². The second-order valence-electron chi connectivity index (χ2n) is 8.31. The van der Waals surface area contributed by atoms with Gasteiger partial charge in [0.05, 0.1) is 22.8 Å². The van der Waals surface area contributed by atoms with Crippen LogP contribution in [0.1, 0.15) is 42.4 Å². The van der Waals surface area contributed by atoms with Crippen molar-refractivity contribution in [3.8, 4) is 0 Å². The van der Waals surface area contributed by atoms with E-state index in [1.165, 1.54) is 12.1 Å². The number of ether oxygens (including phenoxy) is 1. The fraction of sp³-hybridized carbons (Fsp3) is 0.269. The third kappa shape index (κ3) is 6.51. The van der Waals surface area contributed by atoms with Crippen molar-refractivity contribution in [2.24, 2.45) is 4.40 Å². The van der Waals surface area contributed by atoms with Crippen molar-refractivity contribution in [2.75, 3.05) is 6.54 Å². The van der Waals surface area contributed by atoms with Gasteiger partial charge < -0.3 is 4.74 Å². The molecule has 8 heteroatoms. The quantitative estimate of drug-likeness (QED) is 0.178. The minimum atomic E-state index is -4.13. The van der Waals surface area contributed by atoms with Gasteiger partial charge >= 0.3 is 0 Å². The summed E-state index contributed by atoms with van der Waals surface area (Å²) >= 11 is 0. The third-order valence-corrected chi connectivity index (χ3v) is 6.57. The molecule has 0 saturated carbocycles. The van der Waals surface area contributed by atoms with Crippen LogP contribution in [0.2, 0.25) is 0 Å². The minimum absolute atomic E-state index is 0.0281. The van der Waals surface area contributed by atoms with Crippen molar-refractivity contribution in [1.29, 1.82) is 0 Å². The average molecular weight is 481 g/mol. The molecule has 0 N–H and O–H groups in total. The summed E-state index contributed by atoms with van der Waals surface area (Å²) < 4.78 is 36.6. The van der Waals surface area contributed by atoms with E-state index in [2.05, 4.69) is 4.40 Å². The highest BCUT2D eigenvalue weighted by atomic mass is 32.2. The molecule has 0 aromatic heterocycles. The zero-order chi connectivity index (χ0) is 24.7. The molecular formula is C26H28N2O5S. The van der Waals surface area contributed by atoms with E-state index in [9.17, 15) is 18.5 Å². The Morgan fingerprint density at radius 3 is 1.94 bits per heavy atom. The van der Waals surface area contributed by atoms with E-state index in [1.54, 1.807) is 74.5 Å². The first kappa shape index (κ1) is 25.1. The third-order valence-electron chi connectivity index (χ3n) is 5.29. The van der Waals surface area contributed by atoms with Gasteiger partial charge in [-0.3, -0.25) is 10.1 Å². The first-order valence-electron chi connectivity index (χ1n) is 11.0. The standard InChI is InChI=1S/C26H28N2O5S/c1-19(2)33-26(27-34(31,32)23-16-14-20(3)15-17-23)25(22-12-8-5-9-13-22)24(18-28(29)30)21-10-6-4-7-11-21/h4-17,19,24-25H,18H2,1-3H3/b27-26-/t24-,25-/m1/s1. The van der Waals surface area contributed by atoms with E-state index >= 15 is 0 Å². The highest BCUT2D eigenvalue weighted by Crippen LogP contribution is 2.36. The molecule has 0 aliphatic carbocycles. The van der Waals surface area contributed by atoms with Gasteiger partial charge in [0.15, 0.2) is 0 Å². The van der Waals surface area contributed by atoms with E-state index in [-0.39, 0.29) is 10.8 Å². The molecule has 0 aliphatic rings. The molecule has 3 rings (SSSR count). The van der Waals surface area contributed by atoms with Crippen molar-refractivity contribution >= 4 is 15.9 Å². The van der Waals surface area contributed by atoms with Crippen LogP contribution in [0.3, 0.4) is 0 Å². The Kier molecular flexibility index (Phi) is 8.17. The van der Waals surface area contributed by atoms with E-state index in [1.807, 2.05) is 19.1 Å². The van der Waals surface area contributed by atoms with Gasteiger partial charge in [0.25, 0.3) is 10.0 Å². The van der Waals surface area contributed by atoms with Gasteiger partial charge in [-0.05, 0) is 44.0 Å². The predicted molar refractivity (Wildman–Crippen MR) is 132 cm³/mol. The average Bonchev–Trinajstić information content (AvgIpc) is 2.79. The van der Waals surface area contributed by atoms with E-state index in [0.717, 1.165) is 5.56 Å². The van der Waals surface area contributed by atoms with E-state index in [0.29, 0.717) is 11.1 Å². The number of benzene rings is 3. The van der Waals surface area contributed by atoms with Crippen molar-refractivity contribution < 1.29 is 18.1 Å². The van der Waals surface area contributed by atoms with Gasteiger partial charge in [0.2, 0.25) is 12.4 Å². The molecule has 0 amide bonds. The van der Waals surface area contributed by atoms with Crippen LogP contribution in [0.15, 0.2) is 94.2 Å². The molecule has 0 spiro atoms. The number of hydrogen-bond donors (Lipinski definition) is 0. The number of rotatable bonds is 9. The largest absolute Gasteiger partial charge is 0.477 e. The summed E-state index contributed by atoms with van der Waals surface area (Å²) in [5.74, 6) is -1.57. The molecule has 0 fully saturated rings. The number of nitro groups is 1. The van der Waals surface area contributed by atoms with Crippen LogP contribution >= 0.6 is 0 Å². The lowest BCUT2D eigenvalue weighted by Gasteiger charge is -2.27. The SMILES string of the molecule is Cc1ccc(S(=O)(=O)/N=C(\OC(C)C)[C@H](c2ccccc2)[C@H](C[N+](=O)[O-])c2ccccc2)cc1. The highest BCUT2D eigenvalue weighted by molar-refractivity contribution is 7.90. The molecule has 3 aromatic rings. The van der Waals surface area contributed by atoms with Gasteiger partial charge in [0, 0.05) is 4.92 Å². The van der Waals surface area contributed by atoms with Crippen LogP contribution in [0, 0.1) is 17.0 Å². The van der Waals surface area contributed by atoms with Crippen LogP contribution in [-0.2, 0) is 14.8 Å². The maximum Gasteiger partial charge on any atom is 0.285 e. The monoisotopic (exact) mass is 480 g/mol. The summed E-state index contributed by atoms with van der Waals surface area (Å²) in [6.07, 6.45) is -0.398. The van der Waals surface area contributed by atoms with E-state index < -0.39 is 39.4 Å². The predicted octanol–water partition coefficient (Wildman–Crippen LogP) is 5.35. The lowest BCUT2D eigenvalue weighted by molar-refractivity contribution is -0.483. The van der Waals surface area contributed by atoms with E-state index in [4.69, 9.17) is 4.74 Å². The number of hydrogen-bond acceptors (Lipinski definition) is 5. The Balaban J connectivity index is 2.23. The fourth-order valence-corrected chi connectivity index (χ4v) is 4.72. The van der Waals surface area contributed by atoms with Gasteiger partial charge in [-0.15, -0.1) is 4.40 Å². The Hall–Kier alpha value is -3.52. The zero-order valence-corrected chi connectivity index (χ0v) is 20.2. The molecule has 0 heterocycles. The van der Waals surface area contributed by atoms with Crippen LogP contribution in [0.25, 0.3) is 0 Å². The lowest BCUT2D eigenvalue weighted by Crippen LogP contribution is -2.30. The fourth-order valence-electron chi connectivity index (χ4n) is 3.75. The zero-order valence-electron chi connectivity index (χ0n) is 19.4. The molecule has 0 aliphatic heterocycles. The van der Waals surface area contributed by atoms with Gasteiger partial charge in [-0.1, -0.05) is 78.4 Å². The van der Waals surface area contributed by atoms with Crippen molar-refractivity contribution in [3.63, 3.8) is 0 Å². The van der Waals surface area contributed by atoms with Crippen LogP contribution < -0.4 is 0 Å². The van der Waals surface area contributed by atoms with Crippen LogP contribution in [-0.4, -0.2) is 31.9 Å². The smallest absolute Gasteiger partial charge is 0.285 e. The maximum absolute atomic E-state index is 13.3. The highest BCUT2D eigenvalue weighted by Gasteiger charge is 2.36. The second-order valence-corrected chi connectivity index (χ2v) is 9.91. The molecule has 34 heavy (non-hydrogen) atoms. The minimum Gasteiger partial charge on any atom is -0.477 e. The molecule has 0 radical (unpaired) electrons. The molecule has 0 saturated heterocycles. The molecule has 178 valence electrons. The summed E-state index contributed by atoms with van der Waals surface area (Å²) in [5, 5.41) is 11.7. The second kappa shape index (κ2) is 11.1. The summed E-state index contributed by atoms with van der Waals surface area (Å²) in [4.78, 5) is 11.3. The Morgan fingerprint density at radius 1 is 0.912 bits per heavy atom. The summed E-state index contributed by atoms with van der Waals surface area (Å²) in [7, 11) is -4.13. The summed E-state index contributed by atoms with van der Waals surface area (Å²) in [6.45, 7) is 4.97. The molecule has 3 aromatic carbocycles. The van der Waals surface area contributed by atoms with Crippen LogP contribution in [0.4, 0.5) is 0 Å². The maximum atomic E-state index is 13.3. The Labute approximate surface area is 200 Å². The van der Waals surface area contributed by atoms with Gasteiger partial charge in [-0.25, -0.2) is 0 Å². The first-order chi connectivity index (χ1) is 16.2. The lowest BCUT2D eigenvalue weighted by atomic mass is 9.81. The summed E-state index contributed by atoms with van der Waals surface area (Å²) in [6, 6.07) is 24.4. The number of aryl methyl sites for hydroxylation is 1. The summed E-state index contributed by atoms with van der Waals surface area (Å²) in [5.41, 5.74) is 2.29. The molecule has 7 nitrogen and oxygen atoms in total. The normalized spacial score (nSPS) is 13.9. The van der Waals surface area contributed by atoms with Crippen LogP contribution in [0.5, 0.6) is 0 Å². The first-order valence-corrected chi connectivity index (χ1v) is 12.4. The molecular weight excluding hydrogens is 452 g/mol. The van der Waals surface area contributed by atoms with Gasteiger partial charge in [-0.2, -0.15) is 8.42 Å². The van der Waals surface area contributed by atoms with Gasteiger partial charge in [0.1, 0.15) is 0 Å². The Morgan fingerprint density at radius 2 is 1.44 bits per heavy atom. The van der Waals surface area contributed by atoms with Crippen molar-refractivity contribution in [3.05, 3.63) is 112 Å². The molecule has 0 bridgehead atoms.